The molecule has 7 nitrogen and oxygen atoms in total. The van der Waals surface area contributed by atoms with Gasteiger partial charge in [0.05, 0.1) is 6.04 Å². The van der Waals surface area contributed by atoms with Gasteiger partial charge in [-0.25, -0.2) is 4.79 Å². The number of carbonyl (C=O) groups is 3. The van der Waals surface area contributed by atoms with Gasteiger partial charge in [-0.15, -0.1) is 0 Å². The van der Waals surface area contributed by atoms with E-state index in [0.29, 0.717) is 5.69 Å². The number of aromatic nitrogens is 1. The van der Waals surface area contributed by atoms with Gasteiger partial charge >= 0.3 is 6.03 Å². The summed E-state index contributed by atoms with van der Waals surface area (Å²) >= 11 is 0. The molecule has 1 aliphatic heterocycles. The molecular formula is C15H16N4O3. The number of nitrogens with one attached hydrogen (secondary N) is 1. The molecule has 1 aliphatic rings. The normalized spacial score (nSPS) is 18.4. The van der Waals surface area contributed by atoms with Crippen LogP contribution in [0.5, 0.6) is 0 Å². The van der Waals surface area contributed by atoms with Crippen molar-refractivity contribution >= 4 is 28.7 Å². The quantitative estimate of drug-likeness (QED) is 0.802. The molecule has 0 radical (unpaired) electrons. The molecule has 1 aromatic carbocycles. The zero-order valence-electron chi connectivity index (χ0n) is 12.2. The van der Waals surface area contributed by atoms with Gasteiger partial charge in [0.1, 0.15) is 5.92 Å². The number of fused-ring (bicyclic) bond motifs is 1. The average molecular weight is 300 g/mol. The predicted molar refractivity (Wildman–Crippen MR) is 79.7 cm³/mol. The summed E-state index contributed by atoms with van der Waals surface area (Å²) in [5.74, 6) is -2.28. The molecule has 0 bridgehead atoms. The predicted octanol–water partition coefficient (Wildman–Crippen LogP) is 0.834. The van der Waals surface area contributed by atoms with Crippen molar-refractivity contribution in [3.63, 3.8) is 0 Å². The van der Waals surface area contributed by atoms with E-state index in [1.165, 1.54) is 14.1 Å². The molecule has 22 heavy (non-hydrogen) atoms. The number of hydrogen-bond donors (Lipinski definition) is 2. The van der Waals surface area contributed by atoms with Crippen LogP contribution < -0.4 is 5.73 Å². The zero-order chi connectivity index (χ0) is 16.0. The number of hydrogen-bond acceptors (Lipinski definition) is 4. The number of nitrogens with zero attached hydrogens (tertiary/aromatic N) is 2. The van der Waals surface area contributed by atoms with E-state index >= 15 is 0 Å². The highest BCUT2D eigenvalue weighted by atomic mass is 16.2. The van der Waals surface area contributed by atoms with Gasteiger partial charge in [0.25, 0.3) is 0 Å². The van der Waals surface area contributed by atoms with Gasteiger partial charge < -0.3 is 10.7 Å². The summed E-state index contributed by atoms with van der Waals surface area (Å²) in [5, 5.41) is 0.946. The Bertz CT molecular complexity index is 725. The van der Waals surface area contributed by atoms with Gasteiger partial charge in [-0.2, -0.15) is 0 Å². The molecule has 3 N–H and O–H groups in total. The van der Waals surface area contributed by atoms with E-state index in [1.54, 1.807) is 0 Å². The molecule has 3 rings (SSSR count). The maximum absolute atomic E-state index is 12.3. The van der Waals surface area contributed by atoms with E-state index < -0.39 is 29.8 Å². The third-order valence-electron chi connectivity index (χ3n) is 4.04. The summed E-state index contributed by atoms with van der Waals surface area (Å²) in [6.45, 7) is 0. The molecule has 1 unspecified atom stereocenters. The third kappa shape index (κ3) is 1.98. The lowest BCUT2D eigenvalue weighted by atomic mass is 9.93. The lowest BCUT2D eigenvalue weighted by Gasteiger charge is -2.35. The van der Waals surface area contributed by atoms with Crippen LogP contribution in [-0.4, -0.2) is 46.7 Å². The van der Waals surface area contributed by atoms with Crippen LogP contribution in [0.3, 0.4) is 0 Å². The van der Waals surface area contributed by atoms with Gasteiger partial charge in [0, 0.05) is 25.3 Å². The van der Waals surface area contributed by atoms with E-state index in [9.17, 15) is 14.4 Å². The largest absolute Gasteiger partial charge is 0.357 e. The summed E-state index contributed by atoms with van der Waals surface area (Å²) in [5.41, 5.74) is 7.61. The van der Waals surface area contributed by atoms with Crippen LogP contribution >= 0.6 is 0 Å². The Kier molecular flexibility index (Phi) is 3.22. The van der Waals surface area contributed by atoms with E-state index in [1.807, 2.05) is 30.3 Å². The number of rotatable bonds is 2. The fraction of sp³-hybridized carbons (Fsp3) is 0.267. The second-order valence-corrected chi connectivity index (χ2v) is 5.39. The lowest BCUT2D eigenvalue weighted by molar-refractivity contribution is -0.148. The fourth-order valence-corrected chi connectivity index (χ4v) is 2.70. The van der Waals surface area contributed by atoms with Gasteiger partial charge in [-0.05, 0) is 17.5 Å². The minimum absolute atomic E-state index is 0.584. The first-order chi connectivity index (χ1) is 10.4. The monoisotopic (exact) mass is 300 g/mol. The summed E-state index contributed by atoms with van der Waals surface area (Å²) in [7, 11) is 2.69. The van der Waals surface area contributed by atoms with Crippen molar-refractivity contribution in [3.05, 3.63) is 36.0 Å². The highest BCUT2D eigenvalue weighted by Gasteiger charge is 2.46. The number of benzene rings is 1. The first kappa shape index (κ1) is 14.3. The van der Waals surface area contributed by atoms with Crippen molar-refractivity contribution in [3.8, 4) is 0 Å². The van der Waals surface area contributed by atoms with Crippen LogP contribution in [0.15, 0.2) is 30.3 Å². The number of amides is 4. The second-order valence-electron chi connectivity index (χ2n) is 5.39. The third-order valence-corrected chi connectivity index (χ3v) is 4.04. The van der Waals surface area contributed by atoms with Gasteiger partial charge in [0.15, 0.2) is 0 Å². The first-order valence-corrected chi connectivity index (χ1v) is 6.84. The van der Waals surface area contributed by atoms with Crippen LogP contribution in [-0.2, 0) is 9.59 Å². The van der Waals surface area contributed by atoms with E-state index in [2.05, 4.69) is 4.98 Å². The fourth-order valence-electron chi connectivity index (χ4n) is 2.70. The van der Waals surface area contributed by atoms with E-state index in [4.69, 9.17) is 5.73 Å². The number of aromatic amines is 1. The SMILES string of the molecule is CN1C(=O)C(C(N)c2cc3ccccc3[nH]2)C(=O)N(C)C1=O. The van der Waals surface area contributed by atoms with Crippen molar-refractivity contribution in [2.45, 2.75) is 6.04 Å². The molecule has 2 heterocycles. The standard InChI is InChI=1S/C15H16N4O3/c1-18-13(20)11(14(21)19(2)15(18)22)12(16)10-7-8-5-3-4-6-9(8)17-10/h3-7,11-12,17H,16H2,1-2H3. The Balaban J connectivity index is 1.99. The van der Waals surface area contributed by atoms with Gasteiger partial charge in [0.2, 0.25) is 11.8 Å². The van der Waals surface area contributed by atoms with Crippen molar-refractivity contribution in [1.29, 1.82) is 0 Å². The van der Waals surface area contributed by atoms with Crippen LogP contribution in [0, 0.1) is 5.92 Å². The Hall–Kier alpha value is -2.67. The number of imide groups is 2. The molecule has 0 spiro atoms. The number of barbiturate groups is 1. The molecule has 2 aromatic rings. The molecule has 1 atom stereocenters. The Morgan fingerprint density at radius 3 is 2.27 bits per heavy atom. The molecule has 1 aromatic heterocycles. The summed E-state index contributed by atoms with van der Waals surface area (Å²) in [4.78, 5) is 41.3. The summed E-state index contributed by atoms with van der Waals surface area (Å²) < 4.78 is 0. The number of H-pyrrole nitrogens is 1. The smallest absolute Gasteiger partial charge is 0.332 e. The zero-order valence-corrected chi connectivity index (χ0v) is 12.2. The van der Waals surface area contributed by atoms with Gasteiger partial charge in [-0.3, -0.25) is 19.4 Å². The number of carbonyl (C=O) groups excluding carboxylic acids is 3. The Labute approximate surface area is 126 Å². The average Bonchev–Trinajstić information content (AvgIpc) is 2.95. The van der Waals surface area contributed by atoms with E-state index in [-0.39, 0.29) is 0 Å². The number of para-hydroxylation sites is 1. The topological polar surface area (TPSA) is 99.5 Å². The molecular weight excluding hydrogens is 284 g/mol. The summed E-state index contributed by atoms with van der Waals surface area (Å²) in [6, 6.07) is 7.90. The Morgan fingerprint density at radius 1 is 1.09 bits per heavy atom. The second kappa shape index (κ2) is 4.96. The number of nitrogens with two attached hydrogens (primary N) is 1. The minimum atomic E-state index is -1.11. The van der Waals surface area contributed by atoms with Crippen LogP contribution in [0.1, 0.15) is 11.7 Å². The molecule has 0 saturated carbocycles. The Morgan fingerprint density at radius 2 is 1.68 bits per heavy atom. The van der Waals surface area contributed by atoms with E-state index in [0.717, 1.165) is 20.7 Å². The lowest BCUT2D eigenvalue weighted by Crippen LogP contribution is -2.59. The van der Waals surface area contributed by atoms with Crippen molar-refractivity contribution in [2.75, 3.05) is 14.1 Å². The summed E-state index contributed by atoms with van der Waals surface area (Å²) in [6.07, 6.45) is 0. The van der Waals surface area contributed by atoms with Crippen molar-refractivity contribution in [2.24, 2.45) is 11.7 Å². The molecule has 114 valence electrons. The van der Waals surface area contributed by atoms with Crippen LogP contribution in [0.2, 0.25) is 0 Å². The van der Waals surface area contributed by atoms with Crippen molar-refractivity contribution in [1.82, 2.24) is 14.8 Å². The number of urea groups is 1. The highest BCUT2D eigenvalue weighted by molar-refractivity contribution is 6.16. The highest BCUT2D eigenvalue weighted by Crippen LogP contribution is 2.28. The minimum Gasteiger partial charge on any atom is -0.357 e. The van der Waals surface area contributed by atoms with Crippen LogP contribution in [0.25, 0.3) is 10.9 Å². The molecule has 1 saturated heterocycles. The molecule has 7 heteroatoms. The van der Waals surface area contributed by atoms with Crippen LogP contribution in [0.4, 0.5) is 4.79 Å². The van der Waals surface area contributed by atoms with Crippen molar-refractivity contribution < 1.29 is 14.4 Å². The maximum atomic E-state index is 12.3. The van der Waals surface area contributed by atoms with Gasteiger partial charge in [-0.1, -0.05) is 18.2 Å². The maximum Gasteiger partial charge on any atom is 0.332 e. The molecule has 4 amide bonds. The molecule has 0 aliphatic carbocycles. The molecule has 1 fully saturated rings. The first-order valence-electron chi connectivity index (χ1n) is 6.84.